The normalized spacial score (nSPS) is 10.6. The maximum atomic E-state index is 12.4. The van der Waals surface area contributed by atoms with Crippen LogP contribution >= 0.6 is 0 Å². The van der Waals surface area contributed by atoms with E-state index in [9.17, 15) is 9.59 Å². The van der Waals surface area contributed by atoms with Crippen molar-refractivity contribution in [3.05, 3.63) is 59.2 Å². The van der Waals surface area contributed by atoms with Crippen molar-refractivity contribution in [1.82, 2.24) is 4.90 Å². The van der Waals surface area contributed by atoms with E-state index >= 15 is 0 Å². The second-order valence-corrected chi connectivity index (χ2v) is 6.45. The molecule has 0 atom stereocenters. The van der Waals surface area contributed by atoms with E-state index in [4.69, 9.17) is 9.47 Å². The lowest BCUT2D eigenvalue weighted by Gasteiger charge is -2.17. The van der Waals surface area contributed by atoms with Gasteiger partial charge in [0, 0.05) is 24.4 Å². The second kappa shape index (κ2) is 9.60. The highest BCUT2D eigenvalue weighted by molar-refractivity contribution is 5.98. The van der Waals surface area contributed by atoms with Crippen LogP contribution in [-0.4, -0.2) is 44.5 Å². The molecule has 0 bridgehead atoms. The first-order valence-corrected chi connectivity index (χ1v) is 8.87. The van der Waals surface area contributed by atoms with Gasteiger partial charge < -0.3 is 19.7 Å². The molecule has 1 N–H and O–H groups in total. The minimum atomic E-state index is -0.290. The number of amides is 2. The molecule has 148 valence electrons. The topological polar surface area (TPSA) is 67.9 Å². The Balaban J connectivity index is 2.03. The molecule has 0 fully saturated rings. The number of aryl methyl sites for hydroxylation is 2. The predicted octanol–water partition coefficient (Wildman–Crippen LogP) is 3.43. The Morgan fingerprint density at radius 2 is 1.75 bits per heavy atom. The van der Waals surface area contributed by atoms with Crippen LogP contribution in [0.5, 0.6) is 11.5 Å². The monoisotopic (exact) mass is 382 g/mol. The van der Waals surface area contributed by atoms with E-state index in [0.717, 1.165) is 16.8 Å². The molecule has 0 heterocycles. The number of methoxy groups -OCH3 is 2. The van der Waals surface area contributed by atoms with Crippen molar-refractivity contribution in [2.45, 2.75) is 13.8 Å². The predicted molar refractivity (Wildman–Crippen MR) is 111 cm³/mol. The zero-order valence-electron chi connectivity index (χ0n) is 16.9. The molecule has 2 amide bonds. The molecule has 6 nitrogen and oxygen atoms in total. The van der Waals surface area contributed by atoms with Crippen molar-refractivity contribution in [2.24, 2.45) is 0 Å². The standard InChI is InChI=1S/C22H26N2O4/c1-15-7-6-8-16(2)22(15)23-20(25)14-24(3)21(26)12-9-17-13-18(27-4)10-11-19(17)28-5/h6-13H,14H2,1-5H3,(H,23,25)/b12-9+. The molecule has 0 aliphatic heterocycles. The van der Waals surface area contributed by atoms with Crippen LogP contribution in [0.3, 0.4) is 0 Å². The van der Waals surface area contributed by atoms with Crippen LogP contribution in [0.2, 0.25) is 0 Å². The van der Waals surface area contributed by atoms with Crippen molar-refractivity contribution in [3.8, 4) is 11.5 Å². The van der Waals surface area contributed by atoms with E-state index in [1.54, 1.807) is 45.5 Å². The molecule has 0 aliphatic carbocycles. The minimum absolute atomic E-state index is 0.0494. The van der Waals surface area contributed by atoms with E-state index in [0.29, 0.717) is 17.1 Å². The quantitative estimate of drug-likeness (QED) is 0.745. The van der Waals surface area contributed by atoms with Crippen LogP contribution in [0.25, 0.3) is 6.08 Å². The van der Waals surface area contributed by atoms with E-state index in [-0.39, 0.29) is 18.4 Å². The van der Waals surface area contributed by atoms with Gasteiger partial charge in [0.15, 0.2) is 0 Å². The van der Waals surface area contributed by atoms with Crippen molar-refractivity contribution < 1.29 is 19.1 Å². The van der Waals surface area contributed by atoms with Crippen molar-refractivity contribution >= 4 is 23.6 Å². The summed E-state index contributed by atoms with van der Waals surface area (Å²) in [6.07, 6.45) is 3.05. The van der Waals surface area contributed by atoms with E-state index in [2.05, 4.69) is 5.32 Å². The molecule has 0 aliphatic rings. The molecule has 0 saturated heterocycles. The number of ether oxygens (including phenoxy) is 2. The third-order valence-electron chi connectivity index (χ3n) is 4.34. The Bertz CT molecular complexity index is 870. The molecule has 6 heteroatoms. The van der Waals surface area contributed by atoms with Gasteiger partial charge in [0.1, 0.15) is 11.5 Å². The molecule has 2 aromatic rings. The highest BCUT2D eigenvalue weighted by Crippen LogP contribution is 2.25. The summed E-state index contributed by atoms with van der Waals surface area (Å²) >= 11 is 0. The lowest BCUT2D eigenvalue weighted by Crippen LogP contribution is -2.34. The Labute approximate surface area is 165 Å². The van der Waals surface area contributed by atoms with Crippen molar-refractivity contribution in [1.29, 1.82) is 0 Å². The van der Waals surface area contributed by atoms with Crippen LogP contribution in [0.15, 0.2) is 42.5 Å². The van der Waals surface area contributed by atoms with E-state index in [1.165, 1.54) is 11.0 Å². The summed E-state index contributed by atoms with van der Waals surface area (Å²) in [5, 5.41) is 2.88. The Hall–Kier alpha value is -3.28. The van der Waals surface area contributed by atoms with Crippen LogP contribution in [-0.2, 0) is 9.59 Å². The number of rotatable bonds is 7. The summed E-state index contributed by atoms with van der Waals surface area (Å²) in [4.78, 5) is 26.1. The Morgan fingerprint density at radius 1 is 1.07 bits per heavy atom. The van der Waals surface area contributed by atoms with Gasteiger partial charge in [0.25, 0.3) is 0 Å². The zero-order chi connectivity index (χ0) is 20.7. The highest BCUT2D eigenvalue weighted by atomic mass is 16.5. The molecule has 0 radical (unpaired) electrons. The second-order valence-electron chi connectivity index (χ2n) is 6.45. The fourth-order valence-corrected chi connectivity index (χ4v) is 2.74. The van der Waals surface area contributed by atoms with Gasteiger partial charge in [-0.3, -0.25) is 9.59 Å². The van der Waals surface area contributed by atoms with Crippen LogP contribution in [0, 0.1) is 13.8 Å². The fourth-order valence-electron chi connectivity index (χ4n) is 2.74. The van der Waals surface area contributed by atoms with Crippen LogP contribution < -0.4 is 14.8 Å². The largest absolute Gasteiger partial charge is 0.497 e. The van der Waals surface area contributed by atoms with Gasteiger partial charge in [-0.1, -0.05) is 18.2 Å². The molecule has 2 aromatic carbocycles. The summed E-state index contributed by atoms with van der Waals surface area (Å²) < 4.78 is 10.5. The number of anilines is 1. The molecule has 0 unspecified atom stereocenters. The molecule has 0 saturated carbocycles. The van der Waals surface area contributed by atoms with Gasteiger partial charge >= 0.3 is 0 Å². The number of nitrogens with one attached hydrogen (secondary N) is 1. The summed E-state index contributed by atoms with van der Waals surface area (Å²) in [6, 6.07) is 11.1. The van der Waals surface area contributed by atoms with Crippen LogP contribution in [0.4, 0.5) is 5.69 Å². The third kappa shape index (κ3) is 5.36. The lowest BCUT2D eigenvalue weighted by atomic mass is 10.1. The van der Waals surface area contributed by atoms with Gasteiger partial charge in [-0.25, -0.2) is 0 Å². The van der Waals surface area contributed by atoms with Gasteiger partial charge in [-0.05, 0) is 49.2 Å². The number of likely N-dealkylation sites (N-methyl/N-ethyl adjacent to an activating group) is 1. The lowest BCUT2D eigenvalue weighted by molar-refractivity contribution is -0.129. The summed E-state index contributed by atoms with van der Waals surface area (Å²) in [6.45, 7) is 3.82. The molecular weight excluding hydrogens is 356 g/mol. The minimum Gasteiger partial charge on any atom is -0.497 e. The van der Waals surface area contributed by atoms with Gasteiger partial charge in [-0.15, -0.1) is 0 Å². The van der Waals surface area contributed by atoms with Gasteiger partial charge in [0.05, 0.1) is 20.8 Å². The number of nitrogens with zero attached hydrogens (tertiary/aromatic N) is 1. The third-order valence-corrected chi connectivity index (χ3v) is 4.34. The number of hydrogen-bond acceptors (Lipinski definition) is 4. The van der Waals surface area contributed by atoms with E-state index in [1.807, 2.05) is 32.0 Å². The average molecular weight is 382 g/mol. The van der Waals surface area contributed by atoms with Crippen molar-refractivity contribution in [2.75, 3.05) is 33.1 Å². The molecule has 0 aromatic heterocycles. The maximum absolute atomic E-state index is 12.4. The number of para-hydroxylation sites is 1. The first kappa shape index (κ1) is 21.0. The maximum Gasteiger partial charge on any atom is 0.246 e. The number of carbonyl (C=O) groups is 2. The molecule has 28 heavy (non-hydrogen) atoms. The average Bonchev–Trinajstić information content (AvgIpc) is 2.68. The molecule has 0 spiro atoms. The van der Waals surface area contributed by atoms with Crippen molar-refractivity contribution in [3.63, 3.8) is 0 Å². The first-order chi connectivity index (χ1) is 13.3. The molecule has 2 rings (SSSR count). The molecular formula is C22H26N2O4. The highest BCUT2D eigenvalue weighted by Gasteiger charge is 2.13. The van der Waals surface area contributed by atoms with Gasteiger partial charge in [0.2, 0.25) is 11.8 Å². The SMILES string of the molecule is COc1ccc(OC)c(/C=C/C(=O)N(C)CC(=O)Nc2c(C)cccc2C)c1. The summed E-state index contributed by atoms with van der Waals surface area (Å²) in [7, 11) is 4.72. The van der Waals surface area contributed by atoms with E-state index < -0.39 is 0 Å². The Kier molecular flexibility index (Phi) is 7.21. The fraction of sp³-hybridized carbons (Fsp3) is 0.273. The summed E-state index contributed by atoms with van der Waals surface area (Å²) in [5.74, 6) is 0.747. The smallest absolute Gasteiger partial charge is 0.246 e. The number of carbonyl (C=O) groups excluding carboxylic acids is 2. The Morgan fingerprint density at radius 3 is 2.36 bits per heavy atom. The first-order valence-electron chi connectivity index (χ1n) is 8.87. The number of hydrogen-bond donors (Lipinski definition) is 1. The van der Waals surface area contributed by atoms with Gasteiger partial charge in [-0.2, -0.15) is 0 Å². The zero-order valence-corrected chi connectivity index (χ0v) is 16.9. The van der Waals surface area contributed by atoms with Crippen LogP contribution in [0.1, 0.15) is 16.7 Å². The summed E-state index contributed by atoms with van der Waals surface area (Å²) in [5.41, 5.74) is 3.45. The number of benzene rings is 2.